The quantitative estimate of drug-likeness (QED) is 0.149. The molecule has 550 valence electrons. The maximum Gasteiger partial charge on any atom is 0.129 e. The molecule has 0 saturated carbocycles. The summed E-state index contributed by atoms with van der Waals surface area (Å²) in [4.78, 5) is 37.6. The standard InChI is InChI=1S/C9H14.2C8H13N.2C8H12S.C7H12N2.4C7H11NS.C6H10N2S/c1-9(2,3)8-6-4-5-7-8;2*1-8(2,3)7-5-4-6-9-7;1-8(2,3)7-4-5-9-6-7;1-8(2,3)7-5-4-6-9-7;1-7(2,3)6-8-4-5-9-6;1-7(2,3)6-4-8-5-9-6;2*1-7(2,3)6-8-4-5-9-6;1-7(2,3)6-4-5-8-9-6;1-6(2,3)5-7-4-8-9-5/h4,6-7H,5H2,1-3H3;5-6H,4H2,1-3H3;4-5H,6H2,1-3H3;2*4-6H,1-3H3;4H,5H2,1-3H3;4*4-5H,1-3H3;4H,1-3H3. The Bertz CT molecular complexity index is 2860. The van der Waals surface area contributed by atoms with Crippen LogP contribution in [-0.2, 0) is 37.9 Å². The summed E-state index contributed by atoms with van der Waals surface area (Å²) in [5.74, 6) is 0.975. The van der Waals surface area contributed by atoms with Gasteiger partial charge in [-0.1, -0.05) is 265 Å². The first-order valence-corrected chi connectivity index (χ1v) is 40.5. The predicted octanol–water partition coefficient (Wildman–Crippen LogP) is 26.6. The molecule has 17 heteroatoms. The molecule has 7 aromatic rings. The van der Waals surface area contributed by atoms with Crippen LogP contribution < -0.4 is 0 Å². The van der Waals surface area contributed by atoms with Crippen molar-refractivity contribution >= 4 is 104 Å². The smallest absolute Gasteiger partial charge is 0.129 e. The molecule has 11 rings (SSSR count). The molecule has 3 aliphatic heterocycles. The number of hydrogen-bond donors (Lipinski definition) is 0. The molecule has 0 amide bonds. The lowest BCUT2D eigenvalue weighted by atomic mass is 9.87. The lowest BCUT2D eigenvalue weighted by Crippen LogP contribution is -2.16. The maximum absolute atomic E-state index is 4.31. The van der Waals surface area contributed by atoms with Gasteiger partial charge >= 0.3 is 0 Å². The molecule has 10 heterocycles. The van der Waals surface area contributed by atoms with E-state index in [-0.39, 0.29) is 43.3 Å². The highest BCUT2D eigenvalue weighted by Crippen LogP contribution is 2.32. The number of aliphatic imine (C=N–C) groups is 4. The minimum atomic E-state index is 0.132. The first-order chi connectivity index (χ1) is 45.2. The monoisotopic (exact) mass is 1480 g/mol. The summed E-state index contributed by atoms with van der Waals surface area (Å²) < 4.78 is 7.95. The van der Waals surface area contributed by atoms with Gasteiger partial charge in [-0.2, -0.15) is 15.7 Å². The van der Waals surface area contributed by atoms with Crippen molar-refractivity contribution < 1.29 is 0 Å². The van der Waals surface area contributed by atoms with Crippen LogP contribution in [-0.4, -0.2) is 65.7 Å². The zero-order chi connectivity index (χ0) is 76.0. The third-order valence-electron chi connectivity index (χ3n) is 13.8. The largest absolute Gasteiger partial charge is 0.285 e. The average Bonchev–Trinajstić information content (AvgIpc) is 2.06. The van der Waals surface area contributed by atoms with Gasteiger partial charge in [0, 0.05) is 113 Å². The maximum atomic E-state index is 4.31. The molecule has 0 bridgehead atoms. The molecule has 0 N–H and O–H groups in total. The van der Waals surface area contributed by atoms with E-state index < -0.39 is 0 Å². The van der Waals surface area contributed by atoms with Crippen LogP contribution in [0.5, 0.6) is 0 Å². The van der Waals surface area contributed by atoms with Crippen LogP contribution in [0, 0.1) is 21.7 Å². The zero-order valence-corrected chi connectivity index (χ0v) is 73.2. The lowest BCUT2D eigenvalue weighted by Gasteiger charge is -2.18. The first-order valence-electron chi connectivity index (χ1n) is 34.5. The minimum absolute atomic E-state index is 0.132. The normalized spacial score (nSPS) is 14.2. The fourth-order valence-corrected chi connectivity index (χ4v) is 12.8. The summed E-state index contributed by atoms with van der Waals surface area (Å²) in [7, 11) is 0. The molecule has 10 nitrogen and oxygen atoms in total. The summed E-state index contributed by atoms with van der Waals surface area (Å²) >= 11 is 11.8. The summed E-state index contributed by atoms with van der Waals surface area (Å²) in [6.07, 6.45) is 28.2. The van der Waals surface area contributed by atoms with E-state index in [9.17, 15) is 0 Å². The van der Waals surface area contributed by atoms with Crippen molar-refractivity contribution in [3.63, 3.8) is 0 Å². The van der Waals surface area contributed by atoms with E-state index in [1.54, 1.807) is 63.2 Å². The fourth-order valence-electron chi connectivity index (χ4n) is 7.74. The third kappa shape index (κ3) is 40.5. The van der Waals surface area contributed by atoms with E-state index in [1.807, 2.05) is 64.8 Å². The molecule has 0 radical (unpaired) electrons. The van der Waals surface area contributed by atoms with Gasteiger partial charge in [0.25, 0.3) is 0 Å². The fraction of sp³-hybridized carbons (Fsp3) is 0.585. The summed E-state index contributed by atoms with van der Waals surface area (Å²) in [6.45, 7) is 73.8. The molecule has 7 aromatic heterocycles. The van der Waals surface area contributed by atoms with Gasteiger partial charge in [0.2, 0.25) is 0 Å². The van der Waals surface area contributed by atoms with E-state index in [1.165, 1.54) is 58.7 Å². The van der Waals surface area contributed by atoms with Crippen LogP contribution in [0.4, 0.5) is 0 Å². The Morgan fingerprint density at radius 2 is 0.960 bits per heavy atom. The molecule has 4 aliphatic rings. The molecular formula is C82H130N10S7. The van der Waals surface area contributed by atoms with Crippen molar-refractivity contribution in [3.8, 4) is 0 Å². The molecular weight excluding hydrogens is 1350 g/mol. The Morgan fingerprint density at radius 3 is 1.16 bits per heavy atom. The van der Waals surface area contributed by atoms with Gasteiger partial charge in [-0.15, -0.1) is 45.3 Å². The van der Waals surface area contributed by atoms with Crippen molar-refractivity contribution in [2.45, 2.75) is 279 Å². The second kappa shape index (κ2) is 41.4. The van der Waals surface area contributed by atoms with Crippen molar-refractivity contribution in [1.29, 1.82) is 0 Å². The second-order valence-corrected chi connectivity index (χ2v) is 41.5. The van der Waals surface area contributed by atoms with Crippen molar-refractivity contribution in [2.24, 2.45) is 41.6 Å². The topological polar surface area (TPSA) is 127 Å². The third-order valence-corrected chi connectivity index (χ3v) is 21.7. The Balaban J connectivity index is 0.000000544. The molecule has 1 aliphatic carbocycles. The van der Waals surface area contributed by atoms with Crippen LogP contribution in [0.1, 0.15) is 277 Å². The highest BCUT2D eigenvalue weighted by molar-refractivity contribution is 7.10. The molecule has 0 unspecified atom stereocenters. The van der Waals surface area contributed by atoms with E-state index in [4.69, 9.17) is 0 Å². The average molecular weight is 1480 g/mol. The number of thiazole rings is 3. The van der Waals surface area contributed by atoms with Crippen molar-refractivity contribution in [1.82, 2.24) is 28.7 Å². The van der Waals surface area contributed by atoms with Gasteiger partial charge < -0.3 is 0 Å². The summed E-state index contributed by atoms with van der Waals surface area (Å²) in [5.41, 5.74) is 10.1. The number of rotatable bonds is 0. The van der Waals surface area contributed by atoms with E-state index >= 15 is 0 Å². The highest BCUT2D eigenvalue weighted by Gasteiger charge is 2.23. The molecule has 99 heavy (non-hydrogen) atoms. The number of allylic oxidation sites excluding steroid dienone is 7. The number of nitrogens with zero attached hydrogens (tertiary/aromatic N) is 10. The Hall–Kier alpha value is -4.88. The first kappa shape index (κ1) is 92.1. The molecule has 0 fully saturated rings. The van der Waals surface area contributed by atoms with Gasteiger partial charge in [-0.25, -0.2) is 24.3 Å². The van der Waals surface area contributed by atoms with E-state index in [0.717, 1.165) is 36.8 Å². The second-order valence-electron chi connectivity index (χ2n) is 35.4. The minimum Gasteiger partial charge on any atom is -0.285 e. The Kier molecular flexibility index (Phi) is 38.5. The molecule has 0 atom stereocenters. The number of aromatic nitrogens is 6. The van der Waals surface area contributed by atoms with Gasteiger partial charge in [0.1, 0.15) is 17.2 Å². The lowest BCUT2D eigenvalue weighted by molar-refractivity contribution is 0.500. The Morgan fingerprint density at radius 1 is 0.384 bits per heavy atom. The van der Waals surface area contributed by atoms with Crippen LogP contribution >= 0.6 is 79.7 Å². The van der Waals surface area contributed by atoms with Gasteiger partial charge in [-0.05, 0) is 108 Å². The van der Waals surface area contributed by atoms with Crippen LogP contribution in [0.2, 0.25) is 0 Å². The van der Waals surface area contributed by atoms with Crippen molar-refractivity contribution in [2.75, 3.05) is 13.1 Å². The van der Waals surface area contributed by atoms with E-state index in [2.05, 4.69) is 354 Å². The van der Waals surface area contributed by atoms with Crippen molar-refractivity contribution in [3.05, 3.63) is 171 Å². The van der Waals surface area contributed by atoms with Gasteiger partial charge in [0.05, 0.1) is 28.6 Å². The zero-order valence-electron chi connectivity index (χ0n) is 67.4. The van der Waals surface area contributed by atoms with Crippen LogP contribution in [0.15, 0.2) is 155 Å². The van der Waals surface area contributed by atoms with Gasteiger partial charge in [0.15, 0.2) is 0 Å². The van der Waals surface area contributed by atoms with Gasteiger partial charge in [-0.3, -0.25) is 20.0 Å². The van der Waals surface area contributed by atoms with Crippen LogP contribution in [0.3, 0.4) is 0 Å². The molecule has 0 aromatic carbocycles. The highest BCUT2D eigenvalue weighted by atomic mass is 32.1. The summed E-state index contributed by atoms with van der Waals surface area (Å²) in [5, 5.41) is 14.0. The molecule has 0 spiro atoms. The predicted molar refractivity (Wildman–Crippen MR) is 451 cm³/mol. The number of hydrogen-bond acceptors (Lipinski definition) is 17. The molecule has 0 saturated heterocycles. The Labute approximate surface area is 632 Å². The summed E-state index contributed by atoms with van der Waals surface area (Å²) in [6, 6.07) is 8.55. The van der Waals surface area contributed by atoms with E-state index in [0.29, 0.717) is 16.2 Å². The number of amidine groups is 1. The van der Waals surface area contributed by atoms with Crippen LogP contribution in [0.25, 0.3) is 0 Å². The number of thiophene rings is 2. The SMILES string of the molecule is CC(C)(C)C1=CCC=C1.CC(C)(C)C1=CCC=N1.CC(C)(C)C1=NCC=C1.CC(C)(C)C1=NCC=N1.CC(C)(C)c1cccs1.CC(C)(C)c1ccns1.CC(C)(C)c1ccsc1.CC(C)(C)c1cncs1.CC(C)(C)c1nccs1.CC(C)(C)c1nccs1.CC(C)(C)c1ncns1.